The Labute approximate surface area is 117 Å². The summed E-state index contributed by atoms with van der Waals surface area (Å²) in [6.45, 7) is 6.01. The minimum Gasteiger partial charge on any atom is -0.314 e. The van der Waals surface area contributed by atoms with E-state index < -0.39 is 0 Å². The number of hydrogen-bond acceptors (Lipinski definition) is 2. The number of piperazine rings is 1. The van der Waals surface area contributed by atoms with E-state index in [0.29, 0.717) is 5.41 Å². The van der Waals surface area contributed by atoms with Gasteiger partial charge in [0.05, 0.1) is 0 Å². The monoisotopic (exact) mass is 258 g/mol. The summed E-state index contributed by atoms with van der Waals surface area (Å²) in [4.78, 5) is 2.68. The van der Waals surface area contributed by atoms with Gasteiger partial charge in [0.15, 0.2) is 0 Å². The van der Waals surface area contributed by atoms with Crippen LogP contribution in [-0.4, -0.2) is 37.6 Å². The summed E-state index contributed by atoms with van der Waals surface area (Å²) in [5.74, 6) is 0. The summed E-state index contributed by atoms with van der Waals surface area (Å²) >= 11 is 0. The molecule has 2 nitrogen and oxygen atoms in total. The second-order valence-electron chi connectivity index (χ2n) is 6.23. The summed E-state index contributed by atoms with van der Waals surface area (Å²) < 4.78 is 0. The van der Waals surface area contributed by atoms with Crippen molar-refractivity contribution < 1.29 is 0 Å². The van der Waals surface area contributed by atoms with Gasteiger partial charge < -0.3 is 5.32 Å². The molecule has 19 heavy (non-hydrogen) atoms. The Morgan fingerprint density at radius 3 is 2.32 bits per heavy atom. The molecule has 0 aromatic heterocycles. The van der Waals surface area contributed by atoms with Gasteiger partial charge in [0.2, 0.25) is 0 Å². The van der Waals surface area contributed by atoms with Crippen molar-refractivity contribution in [3.05, 3.63) is 35.9 Å². The fourth-order valence-electron chi connectivity index (χ4n) is 3.86. The molecule has 0 unspecified atom stereocenters. The number of nitrogens with zero attached hydrogens (tertiary/aromatic N) is 1. The molecule has 0 bridgehead atoms. The van der Waals surface area contributed by atoms with Crippen LogP contribution < -0.4 is 5.32 Å². The van der Waals surface area contributed by atoms with Crippen molar-refractivity contribution in [2.45, 2.75) is 37.5 Å². The highest BCUT2D eigenvalue weighted by molar-refractivity contribution is 5.26. The Hall–Kier alpha value is -0.860. The van der Waals surface area contributed by atoms with Crippen LogP contribution >= 0.6 is 0 Å². The smallest absolute Gasteiger partial charge is 0.0108 e. The van der Waals surface area contributed by atoms with Gasteiger partial charge in [-0.3, -0.25) is 4.90 Å². The largest absolute Gasteiger partial charge is 0.314 e. The molecule has 1 saturated carbocycles. The molecule has 2 aliphatic rings. The van der Waals surface area contributed by atoms with Gasteiger partial charge in [0.25, 0.3) is 0 Å². The minimum absolute atomic E-state index is 0.427. The lowest BCUT2D eigenvalue weighted by Crippen LogP contribution is -2.50. The van der Waals surface area contributed by atoms with Crippen LogP contribution in [0.4, 0.5) is 0 Å². The van der Waals surface area contributed by atoms with E-state index in [-0.39, 0.29) is 0 Å². The molecule has 0 amide bonds. The normalized spacial score (nSPS) is 24.2. The predicted molar refractivity (Wildman–Crippen MR) is 80.5 cm³/mol. The molecule has 3 rings (SSSR count). The maximum absolute atomic E-state index is 3.46. The van der Waals surface area contributed by atoms with E-state index in [1.165, 1.54) is 51.7 Å². The lowest BCUT2D eigenvalue weighted by molar-refractivity contribution is 0.154. The molecule has 2 heteroatoms. The molecule has 1 aromatic rings. The van der Waals surface area contributed by atoms with Gasteiger partial charge in [-0.15, -0.1) is 0 Å². The Bertz CT molecular complexity index is 376. The topological polar surface area (TPSA) is 15.3 Å². The summed E-state index contributed by atoms with van der Waals surface area (Å²) in [7, 11) is 0. The fourth-order valence-corrected chi connectivity index (χ4v) is 3.86. The minimum atomic E-state index is 0.427. The van der Waals surface area contributed by atoms with Gasteiger partial charge in [-0.1, -0.05) is 49.6 Å². The van der Waals surface area contributed by atoms with Gasteiger partial charge >= 0.3 is 0 Å². The van der Waals surface area contributed by atoms with Gasteiger partial charge in [-0.25, -0.2) is 0 Å². The van der Waals surface area contributed by atoms with E-state index in [1.807, 2.05) is 0 Å². The zero-order valence-corrected chi connectivity index (χ0v) is 11.9. The van der Waals surface area contributed by atoms with Crippen molar-refractivity contribution in [1.29, 1.82) is 0 Å². The first-order valence-corrected chi connectivity index (χ1v) is 7.88. The average molecular weight is 258 g/mol. The van der Waals surface area contributed by atoms with Crippen LogP contribution in [0.15, 0.2) is 30.3 Å². The molecule has 2 fully saturated rings. The van der Waals surface area contributed by atoms with Crippen LogP contribution in [0.5, 0.6) is 0 Å². The van der Waals surface area contributed by atoms with Gasteiger partial charge in [-0.05, 0) is 18.4 Å². The molecule has 0 atom stereocenters. The molecular formula is C17H26N2. The summed E-state index contributed by atoms with van der Waals surface area (Å²) in [5, 5.41) is 3.46. The van der Waals surface area contributed by atoms with Crippen molar-refractivity contribution in [3.63, 3.8) is 0 Å². The highest BCUT2D eigenvalue weighted by atomic mass is 15.2. The first-order chi connectivity index (χ1) is 9.39. The zero-order chi connectivity index (χ0) is 13.0. The van der Waals surface area contributed by atoms with Crippen molar-refractivity contribution >= 4 is 0 Å². The van der Waals surface area contributed by atoms with Crippen LogP contribution in [0.3, 0.4) is 0 Å². The van der Waals surface area contributed by atoms with Crippen molar-refractivity contribution in [2.24, 2.45) is 0 Å². The van der Waals surface area contributed by atoms with E-state index in [2.05, 4.69) is 40.5 Å². The predicted octanol–water partition coefficient (Wildman–Crippen LogP) is 2.79. The molecule has 1 N–H and O–H groups in total. The first kappa shape index (κ1) is 13.1. The molecular weight excluding hydrogens is 232 g/mol. The second kappa shape index (κ2) is 6.06. The lowest BCUT2D eigenvalue weighted by atomic mass is 9.69. The maximum Gasteiger partial charge on any atom is 0.0108 e. The zero-order valence-electron chi connectivity index (χ0n) is 11.9. The molecule has 0 radical (unpaired) electrons. The molecule has 1 saturated heterocycles. The fraction of sp³-hybridized carbons (Fsp3) is 0.647. The van der Waals surface area contributed by atoms with E-state index in [1.54, 1.807) is 5.56 Å². The van der Waals surface area contributed by atoms with E-state index in [9.17, 15) is 0 Å². The first-order valence-electron chi connectivity index (χ1n) is 7.88. The number of hydrogen-bond donors (Lipinski definition) is 1. The van der Waals surface area contributed by atoms with E-state index >= 15 is 0 Å². The van der Waals surface area contributed by atoms with Crippen molar-refractivity contribution in [1.82, 2.24) is 10.2 Å². The van der Waals surface area contributed by atoms with Crippen LogP contribution in [0.25, 0.3) is 0 Å². The third-order valence-corrected chi connectivity index (χ3v) is 4.93. The average Bonchev–Trinajstić information content (AvgIpc) is 2.50. The van der Waals surface area contributed by atoms with Crippen molar-refractivity contribution in [3.8, 4) is 0 Å². The number of nitrogens with one attached hydrogen (secondary N) is 1. The Balaban J connectivity index is 1.79. The Morgan fingerprint density at radius 1 is 0.947 bits per heavy atom. The lowest BCUT2D eigenvalue weighted by Gasteiger charge is -2.43. The van der Waals surface area contributed by atoms with Crippen LogP contribution in [0.1, 0.15) is 37.7 Å². The highest BCUT2D eigenvalue weighted by Crippen LogP contribution is 2.40. The molecule has 104 valence electrons. The molecule has 1 aliphatic heterocycles. The molecule has 1 aromatic carbocycles. The number of benzene rings is 1. The highest BCUT2D eigenvalue weighted by Gasteiger charge is 2.35. The third-order valence-electron chi connectivity index (χ3n) is 4.93. The summed E-state index contributed by atoms with van der Waals surface area (Å²) in [6, 6.07) is 11.3. The summed E-state index contributed by atoms with van der Waals surface area (Å²) in [5.41, 5.74) is 2.00. The Morgan fingerprint density at radius 2 is 1.63 bits per heavy atom. The van der Waals surface area contributed by atoms with Crippen LogP contribution in [0, 0.1) is 0 Å². The Kier molecular flexibility index (Phi) is 4.19. The maximum atomic E-state index is 3.46. The third kappa shape index (κ3) is 3.01. The summed E-state index contributed by atoms with van der Waals surface area (Å²) in [6.07, 6.45) is 6.99. The van der Waals surface area contributed by atoms with Gasteiger partial charge in [0.1, 0.15) is 0 Å². The van der Waals surface area contributed by atoms with Gasteiger partial charge in [-0.2, -0.15) is 0 Å². The quantitative estimate of drug-likeness (QED) is 0.897. The van der Waals surface area contributed by atoms with Crippen molar-refractivity contribution in [2.75, 3.05) is 32.7 Å². The second-order valence-corrected chi connectivity index (χ2v) is 6.23. The SMILES string of the molecule is c1ccc(C2(CN3CCNCC3)CCCCC2)cc1. The van der Waals surface area contributed by atoms with Crippen LogP contribution in [-0.2, 0) is 5.41 Å². The molecule has 1 heterocycles. The molecule has 0 spiro atoms. The van der Waals surface area contributed by atoms with E-state index in [0.717, 1.165) is 13.1 Å². The van der Waals surface area contributed by atoms with Crippen LogP contribution in [0.2, 0.25) is 0 Å². The number of rotatable bonds is 3. The van der Waals surface area contributed by atoms with Gasteiger partial charge in [0, 0.05) is 38.1 Å². The standard InChI is InChI=1S/C17H26N2/c1-3-7-16(8-4-1)17(9-5-2-6-10-17)15-19-13-11-18-12-14-19/h1,3-4,7-8,18H,2,5-6,9-15H2. The van der Waals surface area contributed by atoms with E-state index in [4.69, 9.17) is 0 Å². The molecule has 1 aliphatic carbocycles.